The lowest BCUT2D eigenvalue weighted by atomic mass is 10.2. The fourth-order valence-electron chi connectivity index (χ4n) is 1.52. The summed E-state index contributed by atoms with van der Waals surface area (Å²) in [6, 6.07) is 4.10. The number of hydrogen-bond donors (Lipinski definition) is 2. The Balaban J connectivity index is 2.44. The number of nitrogens with one attached hydrogen (secondary N) is 2. The summed E-state index contributed by atoms with van der Waals surface area (Å²) in [6.07, 6.45) is -0.483. The van der Waals surface area contributed by atoms with Crippen LogP contribution in [0.1, 0.15) is 27.7 Å². The third kappa shape index (κ3) is 6.61. The van der Waals surface area contributed by atoms with E-state index in [-0.39, 0.29) is 6.04 Å². The molecule has 0 radical (unpaired) electrons. The number of anilines is 1. The second-order valence-electron chi connectivity index (χ2n) is 5.59. The molecule has 0 spiro atoms. The van der Waals surface area contributed by atoms with E-state index in [1.54, 1.807) is 26.8 Å². The van der Waals surface area contributed by atoms with Crippen molar-refractivity contribution in [2.24, 2.45) is 0 Å². The van der Waals surface area contributed by atoms with Crippen LogP contribution in [-0.4, -0.2) is 24.3 Å². The Bertz CT molecular complexity index is 454. The van der Waals surface area contributed by atoms with E-state index >= 15 is 0 Å². The maximum absolute atomic E-state index is 13.2. The lowest BCUT2D eigenvalue weighted by Gasteiger charge is -2.21. The molecule has 1 aromatic carbocycles. The molecule has 1 aromatic rings. The quantitative estimate of drug-likeness (QED) is 0.889. The summed E-state index contributed by atoms with van der Waals surface area (Å²) < 4.78 is 18.3. The first-order chi connectivity index (χ1) is 9.15. The molecule has 0 saturated heterocycles. The largest absolute Gasteiger partial charge is 0.444 e. The minimum Gasteiger partial charge on any atom is -0.444 e. The molecule has 0 aliphatic heterocycles. The highest BCUT2D eigenvalue weighted by atomic mass is 35.5. The smallest absolute Gasteiger partial charge is 0.407 e. The van der Waals surface area contributed by atoms with E-state index in [1.165, 1.54) is 12.1 Å². The molecule has 0 aromatic heterocycles. The third-order valence-corrected chi connectivity index (χ3v) is 2.45. The minimum absolute atomic E-state index is 0.0969. The van der Waals surface area contributed by atoms with Crippen LogP contribution in [0.2, 0.25) is 5.02 Å². The van der Waals surface area contributed by atoms with Crippen molar-refractivity contribution >= 4 is 23.4 Å². The Kier molecular flexibility index (Phi) is 5.62. The van der Waals surface area contributed by atoms with Gasteiger partial charge in [-0.3, -0.25) is 0 Å². The van der Waals surface area contributed by atoms with Crippen LogP contribution in [0.3, 0.4) is 0 Å². The molecule has 112 valence electrons. The first-order valence-electron chi connectivity index (χ1n) is 6.35. The molecule has 0 aliphatic rings. The number of amides is 1. The molecule has 0 aliphatic carbocycles. The number of halogens is 2. The predicted octanol–water partition coefficient (Wildman–Crippen LogP) is 3.80. The third-order valence-electron chi connectivity index (χ3n) is 2.23. The van der Waals surface area contributed by atoms with Crippen molar-refractivity contribution in [3.63, 3.8) is 0 Å². The summed E-state index contributed by atoms with van der Waals surface area (Å²) in [6.45, 7) is 7.59. The van der Waals surface area contributed by atoms with Gasteiger partial charge in [-0.1, -0.05) is 11.6 Å². The van der Waals surface area contributed by atoms with Crippen LogP contribution in [0.5, 0.6) is 0 Å². The molecule has 0 bridgehead atoms. The van der Waals surface area contributed by atoms with E-state index in [4.69, 9.17) is 16.3 Å². The van der Waals surface area contributed by atoms with Crippen LogP contribution in [0.25, 0.3) is 0 Å². The Hall–Kier alpha value is -1.49. The number of ether oxygens (including phenoxy) is 1. The Morgan fingerprint density at radius 1 is 1.40 bits per heavy atom. The van der Waals surface area contributed by atoms with Gasteiger partial charge in [-0.15, -0.1) is 0 Å². The summed E-state index contributed by atoms with van der Waals surface area (Å²) in [5.74, 6) is -0.410. The average molecular weight is 303 g/mol. The summed E-state index contributed by atoms with van der Waals surface area (Å²) in [5.41, 5.74) is 0.0325. The molecule has 1 atom stereocenters. The molecule has 20 heavy (non-hydrogen) atoms. The molecular weight excluding hydrogens is 283 g/mol. The molecule has 4 nitrogen and oxygen atoms in total. The molecular formula is C14H20ClFN2O2. The number of carbonyl (C=O) groups is 1. The van der Waals surface area contributed by atoms with Gasteiger partial charge in [0.05, 0.1) is 0 Å². The van der Waals surface area contributed by atoms with E-state index in [0.717, 1.165) is 0 Å². The Labute approximate surface area is 123 Å². The van der Waals surface area contributed by atoms with Gasteiger partial charge in [-0.05, 0) is 45.9 Å². The van der Waals surface area contributed by atoms with Crippen LogP contribution in [-0.2, 0) is 4.74 Å². The van der Waals surface area contributed by atoms with E-state index in [1.807, 2.05) is 6.92 Å². The number of hydrogen-bond acceptors (Lipinski definition) is 3. The van der Waals surface area contributed by atoms with Crippen molar-refractivity contribution in [2.45, 2.75) is 39.3 Å². The zero-order valence-corrected chi connectivity index (χ0v) is 12.8. The summed E-state index contributed by atoms with van der Waals surface area (Å²) in [7, 11) is 0. The number of rotatable bonds is 4. The van der Waals surface area contributed by atoms with E-state index in [0.29, 0.717) is 17.3 Å². The molecule has 2 N–H and O–H groups in total. The predicted molar refractivity (Wildman–Crippen MR) is 78.7 cm³/mol. The number of benzene rings is 1. The van der Waals surface area contributed by atoms with Crippen LogP contribution in [0.15, 0.2) is 18.2 Å². The molecule has 0 fully saturated rings. The SMILES string of the molecule is CC(CNC(=O)OC(C)(C)C)Nc1cc(F)cc(Cl)c1. The summed E-state index contributed by atoms with van der Waals surface area (Å²) in [4.78, 5) is 11.5. The molecule has 6 heteroatoms. The van der Waals surface area contributed by atoms with Crippen LogP contribution in [0.4, 0.5) is 14.9 Å². The van der Waals surface area contributed by atoms with Crippen molar-refractivity contribution < 1.29 is 13.9 Å². The summed E-state index contributed by atoms with van der Waals surface area (Å²) >= 11 is 5.76. The van der Waals surface area contributed by atoms with Gasteiger partial charge < -0.3 is 15.4 Å². The van der Waals surface area contributed by atoms with Crippen LogP contribution < -0.4 is 10.6 Å². The number of alkyl carbamates (subject to hydrolysis) is 1. The first kappa shape index (κ1) is 16.6. The molecule has 0 heterocycles. The zero-order chi connectivity index (χ0) is 15.3. The van der Waals surface area contributed by atoms with Crippen molar-refractivity contribution in [3.05, 3.63) is 29.0 Å². The Morgan fingerprint density at radius 2 is 2.05 bits per heavy atom. The van der Waals surface area contributed by atoms with Gasteiger partial charge in [-0.25, -0.2) is 9.18 Å². The first-order valence-corrected chi connectivity index (χ1v) is 6.73. The fraction of sp³-hybridized carbons (Fsp3) is 0.500. The van der Waals surface area contributed by atoms with E-state index in [9.17, 15) is 9.18 Å². The van der Waals surface area contributed by atoms with Crippen molar-refractivity contribution in [1.82, 2.24) is 5.32 Å². The highest BCUT2D eigenvalue weighted by Crippen LogP contribution is 2.18. The average Bonchev–Trinajstić information content (AvgIpc) is 2.22. The normalized spacial score (nSPS) is 12.7. The maximum atomic E-state index is 13.2. The lowest BCUT2D eigenvalue weighted by Crippen LogP contribution is -2.38. The van der Waals surface area contributed by atoms with Crippen molar-refractivity contribution in [2.75, 3.05) is 11.9 Å². The number of carbonyl (C=O) groups excluding carboxylic acids is 1. The zero-order valence-electron chi connectivity index (χ0n) is 12.1. The monoisotopic (exact) mass is 302 g/mol. The second kappa shape index (κ2) is 6.79. The van der Waals surface area contributed by atoms with E-state index < -0.39 is 17.5 Å². The Morgan fingerprint density at radius 3 is 2.60 bits per heavy atom. The standard InChI is InChI=1S/C14H20ClFN2O2/c1-9(8-17-13(19)20-14(2,3)4)18-12-6-10(15)5-11(16)7-12/h5-7,9,18H,8H2,1-4H3,(H,17,19). The lowest BCUT2D eigenvalue weighted by molar-refractivity contribution is 0.0526. The van der Waals surface area contributed by atoms with Gasteiger partial charge in [0.1, 0.15) is 11.4 Å². The highest BCUT2D eigenvalue weighted by molar-refractivity contribution is 6.30. The second-order valence-corrected chi connectivity index (χ2v) is 6.02. The maximum Gasteiger partial charge on any atom is 0.407 e. The van der Waals surface area contributed by atoms with Crippen molar-refractivity contribution in [3.8, 4) is 0 Å². The molecule has 1 amide bonds. The van der Waals surface area contributed by atoms with Crippen LogP contribution >= 0.6 is 11.6 Å². The van der Waals surface area contributed by atoms with Gasteiger partial charge in [0.2, 0.25) is 0 Å². The molecule has 0 saturated carbocycles. The minimum atomic E-state index is -0.531. The molecule has 1 unspecified atom stereocenters. The summed E-state index contributed by atoms with van der Waals surface area (Å²) in [5, 5.41) is 6.00. The van der Waals surface area contributed by atoms with Gasteiger partial charge in [-0.2, -0.15) is 0 Å². The van der Waals surface area contributed by atoms with Crippen LogP contribution in [0, 0.1) is 5.82 Å². The van der Waals surface area contributed by atoms with Crippen molar-refractivity contribution in [1.29, 1.82) is 0 Å². The highest BCUT2D eigenvalue weighted by Gasteiger charge is 2.16. The van der Waals surface area contributed by atoms with E-state index in [2.05, 4.69) is 10.6 Å². The molecule has 1 rings (SSSR count). The van der Waals surface area contributed by atoms with Gasteiger partial charge in [0, 0.05) is 23.3 Å². The van der Waals surface area contributed by atoms with Gasteiger partial charge in [0.15, 0.2) is 0 Å². The topological polar surface area (TPSA) is 50.4 Å². The van der Waals surface area contributed by atoms with Gasteiger partial charge >= 0.3 is 6.09 Å². The fourth-order valence-corrected chi connectivity index (χ4v) is 1.75. The van der Waals surface area contributed by atoms with Gasteiger partial charge in [0.25, 0.3) is 0 Å².